The maximum atomic E-state index is 6.43. The third kappa shape index (κ3) is 0.706. The highest BCUT2D eigenvalue weighted by atomic mass is 35.5. The Hall–Kier alpha value is 0.250. The first-order chi connectivity index (χ1) is 5.84. The molecule has 12 heavy (non-hydrogen) atoms. The van der Waals surface area contributed by atoms with E-state index in [1.165, 1.54) is 32.1 Å². The molecule has 68 valence electrons. The zero-order valence-corrected chi connectivity index (χ0v) is 8.02. The Morgan fingerprint density at radius 1 is 1.25 bits per heavy atom. The largest absolute Gasteiger partial charge is 0.377 e. The van der Waals surface area contributed by atoms with Crippen molar-refractivity contribution >= 4 is 11.6 Å². The molecule has 1 heterocycles. The Labute approximate surface area is 78.4 Å². The van der Waals surface area contributed by atoms with E-state index in [0.717, 1.165) is 6.61 Å². The van der Waals surface area contributed by atoms with Crippen molar-refractivity contribution in [2.45, 2.75) is 43.6 Å². The molecule has 1 nitrogen and oxygen atoms in total. The van der Waals surface area contributed by atoms with Gasteiger partial charge in [0.15, 0.2) is 0 Å². The predicted octanol–water partition coefficient (Wildman–Crippen LogP) is 2.57. The van der Waals surface area contributed by atoms with Crippen LogP contribution in [0.2, 0.25) is 0 Å². The fourth-order valence-corrected chi connectivity index (χ4v) is 4.16. The van der Waals surface area contributed by atoms with Gasteiger partial charge in [0.25, 0.3) is 0 Å². The van der Waals surface area contributed by atoms with E-state index in [0.29, 0.717) is 22.8 Å². The van der Waals surface area contributed by atoms with Gasteiger partial charge in [-0.15, -0.1) is 11.6 Å². The van der Waals surface area contributed by atoms with Gasteiger partial charge in [0.2, 0.25) is 0 Å². The first kappa shape index (κ1) is 7.64. The second-order valence-electron chi connectivity index (χ2n) is 4.59. The van der Waals surface area contributed by atoms with Crippen molar-refractivity contribution in [2.75, 3.05) is 6.61 Å². The molecule has 3 atom stereocenters. The van der Waals surface area contributed by atoms with Crippen molar-refractivity contribution < 1.29 is 4.74 Å². The van der Waals surface area contributed by atoms with E-state index in [1.807, 2.05) is 0 Å². The smallest absolute Gasteiger partial charge is 0.0688 e. The van der Waals surface area contributed by atoms with Gasteiger partial charge in [-0.05, 0) is 19.3 Å². The molecule has 1 aliphatic heterocycles. The third-order valence-electron chi connectivity index (χ3n) is 4.16. The second-order valence-corrected chi connectivity index (χ2v) is 5.06. The molecule has 0 amide bonds. The summed E-state index contributed by atoms with van der Waals surface area (Å²) in [6.07, 6.45) is 7.14. The van der Waals surface area contributed by atoms with Crippen LogP contribution in [0.1, 0.15) is 32.1 Å². The van der Waals surface area contributed by atoms with Crippen molar-refractivity contribution in [3.8, 4) is 0 Å². The third-order valence-corrected chi connectivity index (χ3v) is 4.92. The molecule has 0 N–H and O–H groups in total. The molecule has 0 aromatic heterocycles. The molecule has 3 rings (SSSR count). The summed E-state index contributed by atoms with van der Waals surface area (Å²) in [6.45, 7) is 0.959. The van der Waals surface area contributed by atoms with Gasteiger partial charge in [0.05, 0.1) is 6.10 Å². The number of hydrogen-bond acceptors (Lipinski definition) is 1. The number of halogens is 1. The van der Waals surface area contributed by atoms with Crippen LogP contribution < -0.4 is 0 Å². The van der Waals surface area contributed by atoms with E-state index < -0.39 is 0 Å². The van der Waals surface area contributed by atoms with Crippen LogP contribution in [-0.4, -0.2) is 18.1 Å². The molecule has 2 aliphatic carbocycles. The maximum Gasteiger partial charge on any atom is 0.0688 e. The van der Waals surface area contributed by atoms with E-state index in [-0.39, 0.29) is 0 Å². The highest BCUT2D eigenvalue weighted by molar-refractivity contribution is 6.22. The van der Waals surface area contributed by atoms with Crippen LogP contribution in [0.3, 0.4) is 0 Å². The first-order valence-corrected chi connectivity index (χ1v) is 5.54. The topological polar surface area (TPSA) is 9.23 Å². The van der Waals surface area contributed by atoms with Crippen LogP contribution in [0.4, 0.5) is 0 Å². The van der Waals surface area contributed by atoms with Gasteiger partial charge >= 0.3 is 0 Å². The van der Waals surface area contributed by atoms with Crippen molar-refractivity contribution in [3.05, 3.63) is 0 Å². The van der Waals surface area contributed by atoms with Crippen LogP contribution in [0, 0.1) is 11.3 Å². The lowest BCUT2D eigenvalue weighted by Crippen LogP contribution is -2.59. The molecule has 0 bridgehead atoms. The molecule has 3 fully saturated rings. The molecular weight excluding hydrogens is 172 g/mol. The van der Waals surface area contributed by atoms with Crippen LogP contribution in [0.5, 0.6) is 0 Å². The van der Waals surface area contributed by atoms with Gasteiger partial charge in [-0.25, -0.2) is 0 Å². The Bertz CT molecular complexity index is 198. The van der Waals surface area contributed by atoms with Gasteiger partial charge < -0.3 is 4.74 Å². The lowest BCUT2D eigenvalue weighted by Gasteiger charge is -2.53. The Balaban J connectivity index is 1.87. The van der Waals surface area contributed by atoms with Crippen molar-refractivity contribution in [2.24, 2.45) is 11.3 Å². The molecule has 1 saturated heterocycles. The van der Waals surface area contributed by atoms with Crippen molar-refractivity contribution in [3.63, 3.8) is 0 Å². The predicted molar refractivity (Wildman–Crippen MR) is 48.4 cm³/mol. The lowest BCUT2D eigenvalue weighted by molar-refractivity contribution is -0.0937. The second kappa shape index (κ2) is 2.39. The summed E-state index contributed by atoms with van der Waals surface area (Å²) in [5, 5.41) is 0.438. The van der Waals surface area contributed by atoms with E-state index >= 15 is 0 Å². The normalized spacial score (nSPS) is 49.2. The average Bonchev–Trinajstić information content (AvgIpc) is 2.72. The number of rotatable bonds is 0. The molecule has 0 aromatic carbocycles. The van der Waals surface area contributed by atoms with Gasteiger partial charge in [-0.3, -0.25) is 0 Å². The minimum absolute atomic E-state index is 0.419. The summed E-state index contributed by atoms with van der Waals surface area (Å²) in [6, 6.07) is 0. The van der Waals surface area contributed by atoms with Crippen LogP contribution >= 0.6 is 11.6 Å². The van der Waals surface area contributed by atoms with Crippen molar-refractivity contribution in [1.29, 1.82) is 0 Å². The molecule has 0 radical (unpaired) electrons. The standard InChI is InChI=1S/C10H15ClO/c11-8-7-3-6-12-9(7)10(8)4-1-2-5-10/h7-9H,1-6H2/t7-,8-,9+/m1/s1. The lowest BCUT2D eigenvalue weighted by atomic mass is 9.58. The Morgan fingerprint density at radius 3 is 2.75 bits per heavy atom. The summed E-state index contributed by atoms with van der Waals surface area (Å²) in [5.74, 6) is 0.699. The first-order valence-electron chi connectivity index (χ1n) is 5.10. The molecule has 3 aliphatic rings. The fourth-order valence-electron chi connectivity index (χ4n) is 3.56. The minimum atomic E-state index is 0.419. The van der Waals surface area contributed by atoms with Crippen molar-refractivity contribution in [1.82, 2.24) is 0 Å². The summed E-state index contributed by atoms with van der Waals surface area (Å²) in [5.41, 5.74) is 0.419. The minimum Gasteiger partial charge on any atom is -0.377 e. The van der Waals surface area contributed by atoms with Crippen LogP contribution in [0.15, 0.2) is 0 Å². The van der Waals surface area contributed by atoms with E-state index in [4.69, 9.17) is 16.3 Å². The quantitative estimate of drug-likeness (QED) is 0.529. The number of hydrogen-bond donors (Lipinski definition) is 0. The van der Waals surface area contributed by atoms with Crippen LogP contribution in [0.25, 0.3) is 0 Å². The zero-order valence-electron chi connectivity index (χ0n) is 7.26. The maximum absolute atomic E-state index is 6.43. The fraction of sp³-hybridized carbons (Fsp3) is 1.00. The highest BCUT2D eigenvalue weighted by Crippen LogP contribution is 2.62. The van der Waals surface area contributed by atoms with Gasteiger partial charge in [0, 0.05) is 23.3 Å². The molecular formula is C10H15ClO. The average molecular weight is 187 g/mol. The Morgan fingerprint density at radius 2 is 2.00 bits per heavy atom. The SMILES string of the molecule is Cl[C@@H]1[C@H]2CCO[C@@H]2C12CCCC2. The number of fused-ring (bicyclic) bond motifs is 2. The molecule has 0 aromatic rings. The molecule has 1 spiro atoms. The van der Waals surface area contributed by atoms with Gasteiger partial charge in [-0.2, -0.15) is 0 Å². The van der Waals surface area contributed by atoms with Gasteiger partial charge in [-0.1, -0.05) is 12.8 Å². The molecule has 2 saturated carbocycles. The summed E-state index contributed by atoms with van der Waals surface area (Å²) < 4.78 is 5.78. The summed E-state index contributed by atoms with van der Waals surface area (Å²) in [4.78, 5) is 0. The number of ether oxygens (including phenoxy) is 1. The summed E-state index contributed by atoms with van der Waals surface area (Å²) >= 11 is 6.43. The summed E-state index contributed by atoms with van der Waals surface area (Å²) in [7, 11) is 0. The Kier molecular flexibility index (Phi) is 1.52. The van der Waals surface area contributed by atoms with E-state index in [2.05, 4.69) is 0 Å². The van der Waals surface area contributed by atoms with E-state index in [9.17, 15) is 0 Å². The number of alkyl halides is 1. The zero-order chi connectivity index (χ0) is 8.18. The highest BCUT2D eigenvalue weighted by Gasteiger charge is 2.64. The monoisotopic (exact) mass is 186 g/mol. The van der Waals surface area contributed by atoms with E-state index in [1.54, 1.807) is 0 Å². The van der Waals surface area contributed by atoms with Gasteiger partial charge in [0.1, 0.15) is 0 Å². The molecule has 2 heteroatoms. The molecule has 0 unspecified atom stereocenters. The van der Waals surface area contributed by atoms with Crippen LogP contribution in [-0.2, 0) is 4.74 Å².